The zero-order valence-electron chi connectivity index (χ0n) is 7.32. The Hall–Kier alpha value is -0.610. The van der Waals surface area contributed by atoms with Gasteiger partial charge in [-0.2, -0.15) is 0 Å². The number of carbonyl (C=O) groups excluding carboxylic acids is 1. The zero-order valence-corrected chi connectivity index (χ0v) is 7.32. The Bertz CT molecular complexity index is 160. The van der Waals surface area contributed by atoms with Gasteiger partial charge in [0.2, 0.25) is 0 Å². The van der Waals surface area contributed by atoms with E-state index in [0.717, 1.165) is 13.0 Å². The summed E-state index contributed by atoms with van der Waals surface area (Å²) in [4.78, 5) is 13.0. The van der Waals surface area contributed by atoms with Crippen LogP contribution in [0.25, 0.3) is 0 Å². The summed E-state index contributed by atoms with van der Waals surface area (Å²) in [5.74, 6) is -0.162. The first kappa shape index (κ1) is 9.48. The number of aliphatic hydroxyl groups excluding tert-OH is 1. The summed E-state index contributed by atoms with van der Waals surface area (Å²) in [6.07, 6.45) is 0.805. The van der Waals surface area contributed by atoms with E-state index < -0.39 is 0 Å². The number of esters is 1. The fourth-order valence-electron chi connectivity index (χ4n) is 1.41. The second kappa shape index (κ2) is 4.42. The molecule has 1 aliphatic rings. The van der Waals surface area contributed by atoms with Crippen LogP contribution in [0.5, 0.6) is 0 Å². The van der Waals surface area contributed by atoms with E-state index in [1.807, 2.05) is 4.90 Å². The van der Waals surface area contributed by atoms with Crippen LogP contribution in [-0.4, -0.2) is 42.4 Å². The molecule has 0 aromatic heterocycles. The van der Waals surface area contributed by atoms with Crippen molar-refractivity contribution in [1.29, 1.82) is 0 Å². The highest BCUT2D eigenvalue weighted by Crippen LogP contribution is 2.16. The zero-order chi connectivity index (χ0) is 8.97. The predicted molar refractivity (Wildman–Crippen MR) is 43.4 cm³/mol. The first-order chi connectivity index (χ1) is 5.77. The molecule has 0 saturated carbocycles. The summed E-state index contributed by atoms with van der Waals surface area (Å²) >= 11 is 0. The second-order valence-corrected chi connectivity index (χ2v) is 2.96. The lowest BCUT2D eigenvalue weighted by atomic mass is 10.1. The van der Waals surface area contributed by atoms with Gasteiger partial charge in [-0.05, 0) is 13.3 Å². The van der Waals surface area contributed by atoms with Gasteiger partial charge in [-0.25, -0.2) is 0 Å². The Labute approximate surface area is 72.1 Å². The Morgan fingerprint density at radius 1 is 1.75 bits per heavy atom. The van der Waals surface area contributed by atoms with Crippen LogP contribution >= 0.6 is 0 Å². The largest absolute Gasteiger partial charge is 0.466 e. The molecule has 1 aliphatic heterocycles. The Morgan fingerprint density at radius 2 is 2.50 bits per heavy atom. The molecule has 1 heterocycles. The van der Waals surface area contributed by atoms with E-state index >= 15 is 0 Å². The van der Waals surface area contributed by atoms with Gasteiger partial charge in [0.15, 0.2) is 0 Å². The van der Waals surface area contributed by atoms with E-state index in [1.54, 1.807) is 6.92 Å². The molecule has 0 spiro atoms. The molecular formula is C8H15NO3. The molecule has 1 atom stereocenters. The van der Waals surface area contributed by atoms with Crippen molar-refractivity contribution in [2.75, 3.05) is 26.4 Å². The van der Waals surface area contributed by atoms with E-state index in [4.69, 9.17) is 9.84 Å². The van der Waals surface area contributed by atoms with Crippen molar-refractivity contribution in [3.63, 3.8) is 0 Å². The molecule has 0 aromatic rings. The van der Waals surface area contributed by atoms with Gasteiger partial charge in [-0.15, -0.1) is 0 Å². The van der Waals surface area contributed by atoms with Crippen LogP contribution in [0.1, 0.15) is 13.3 Å². The number of nitrogens with zero attached hydrogens (tertiary/aromatic N) is 1. The first-order valence-electron chi connectivity index (χ1n) is 4.27. The molecule has 1 saturated heterocycles. The molecule has 0 radical (unpaired) electrons. The van der Waals surface area contributed by atoms with Gasteiger partial charge in [0.25, 0.3) is 0 Å². The van der Waals surface area contributed by atoms with Gasteiger partial charge in [0.1, 0.15) is 0 Å². The first-order valence-corrected chi connectivity index (χ1v) is 4.27. The summed E-state index contributed by atoms with van der Waals surface area (Å²) in [6.45, 7) is 3.70. The van der Waals surface area contributed by atoms with Crippen LogP contribution in [0.3, 0.4) is 0 Å². The van der Waals surface area contributed by atoms with Crippen molar-refractivity contribution in [2.45, 2.75) is 13.3 Å². The van der Waals surface area contributed by atoms with Gasteiger partial charge >= 0.3 is 5.97 Å². The third-order valence-corrected chi connectivity index (χ3v) is 2.09. The van der Waals surface area contributed by atoms with E-state index in [1.165, 1.54) is 0 Å². The molecule has 1 rings (SSSR count). The molecular weight excluding hydrogens is 158 g/mol. The van der Waals surface area contributed by atoms with Crippen molar-refractivity contribution >= 4 is 5.97 Å². The topological polar surface area (TPSA) is 49.8 Å². The fraction of sp³-hybridized carbons (Fsp3) is 0.875. The van der Waals surface area contributed by atoms with Crippen molar-refractivity contribution in [1.82, 2.24) is 4.90 Å². The summed E-state index contributed by atoms with van der Waals surface area (Å²) in [5.41, 5.74) is 0. The lowest BCUT2D eigenvalue weighted by Crippen LogP contribution is -2.25. The minimum atomic E-state index is -0.131. The van der Waals surface area contributed by atoms with Crippen molar-refractivity contribution in [3.8, 4) is 0 Å². The molecule has 0 aliphatic carbocycles. The average Bonchev–Trinajstić information content (AvgIpc) is 2.52. The number of likely N-dealkylation sites (tertiary alicyclic amines) is 1. The average molecular weight is 173 g/mol. The van der Waals surface area contributed by atoms with E-state index in [9.17, 15) is 4.79 Å². The van der Waals surface area contributed by atoms with E-state index in [2.05, 4.69) is 0 Å². The predicted octanol–water partition coefficient (Wildman–Crippen LogP) is -0.179. The molecule has 1 unspecified atom stereocenters. The van der Waals surface area contributed by atoms with Crippen LogP contribution < -0.4 is 0 Å². The maximum absolute atomic E-state index is 11.2. The smallest absolute Gasteiger partial charge is 0.310 e. The Morgan fingerprint density at radius 3 is 3.00 bits per heavy atom. The summed E-state index contributed by atoms with van der Waals surface area (Å²) in [6, 6.07) is 0. The van der Waals surface area contributed by atoms with E-state index in [-0.39, 0.29) is 18.6 Å². The molecule has 1 fully saturated rings. The fourth-order valence-corrected chi connectivity index (χ4v) is 1.41. The highest BCUT2D eigenvalue weighted by molar-refractivity contribution is 5.73. The minimum absolute atomic E-state index is 0.0305. The highest BCUT2D eigenvalue weighted by Gasteiger charge is 2.28. The number of hydrogen-bond donors (Lipinski definition) is 1. The molecule has 0 amide bonds. The van der Waals surface area contributed by atoms with E-state index in [0.29, 0.717) is 13.2 Å². The minimum Gasteiger partial charge on any atom is -0.466 e. The molecule has 4 nitrogen and oxygen atoms in total. The highest BCUT2D eigenvalue weighted by atomic mass is 16.5. The normalized spacial score (nSPS) is 24.3. The molecule has 4 heteroatoms. The number of aliphatic hydroxyl groups is 1. The lowest BCUT2D eigenvalue weighted by molar-refractivity contribution is -0.147. The van der Waals surface area contributed by atoms with Gasteiger partial charge in [-0.1, -0.05) is 0 Å². The van der Waals surface area contributed by atoms with Gasteiger partial charge < -0.3 is 9.84 Å². The van der Waals surface area contributed by atoms with Gasteiger partial charge in [0, 0.05) is 13.1 Å². The summed E-state index contributed by atoms with van der Waals surface area (Å²) < 4.78 is 4.87. The van der Waals surface area contributed by atoms with Crippen LogP contribution in [0.2, 0.25) is 0 Å². The third-order valence-electron chi connectivity index (χ3n) is 2.09. The van der Waals surface area contributed by atoms with Crippen LogP contribution in [0.4, 0.5) is 0 Å². The van der Waals surface area contributed by atoms with Crippen LogP contribution in [0, 0.1) is 5.92 Å². The Balaban J connectivity index is 2.31. The van der Waals surface area contributed by atoms with Crippen LogP contribution in [0.15, 0.2) is 0 Å². The number of hydrogen-bond acceptors (Lipinski definition) is 4. The van der Waals surface area contributed by atoms with Crippen LogP contribution in [-0.2, 0) is 9.53 Å². The van der Waals surface area contributed by atoms with Gasteiger partial charge in [-0.3, -0.25) is 9.69 Å². The van der Waals surface area contributed by atoms with Crippen molar-refractivity contribution < 1.29 is 14.6 Å². The maximum Gasteiger partial charge on any atom is 0.310 e. The molecule has 70 valence electrons. The number of ether oxygens (including phenoxy) is 1. The SMILES string of the molecule is CCOC(=O)C1CCN(CO)C1. The summed E-state index contributed by atoms with van der Waals surface area (Å²) in [5, 5.41) is 8.77. The second-order valence-electron chi connectivity index (χ2n) is 2.96. The molecule has 0 bridgehead atoms. The number of carbonyl (C=O) groups is 1. The van der Waals surface area contributed by atoms with Crippen molar-refractivity contribution in [3.05, 3.63) is 0 Å². The number of rotatable bonds is 3. The quantitative estimate of drug-likeness (QED) is 0.601. The molecule has 1 N–H and O–H groups in total. The Kier molecular flexibility index (Phi) is 3.49. The van der Waals surface area contributed by atoms with Gasteiger partial charge in [0.05, 0.1) is 19.3 Å². The summed E-state index contributed by atoms with van der Waals surface area (Å²) in [7, 11) is 0. The molecule has 0 aromatic carbocycles. The monoisotopic (exact) mass is 173 g/mol. The molecule has 12 heavy (non-hydrogen) atoms. The lowest BCUT2D eigenvalue weighted by Gasteiger charge is -2.11. The van der Waals surface area contributed by atoms with Crippen molar-refractivity contribution in [2.24, 2.45) is 5.92 Å². The maximum atomic E-state index is 11.2. The third kappa shape index (κ3) is 2.19. The standard InChI is InChI=1S/C8H15NO3/c1-2-12-8(11)7-3-4-9(5-7)6-10/h7,10H,2-6H2,1H3.